The zero-order valence-electron chi connectivity index (χ0n) is 15.0. The summed E-state index contributed by atoms with van der Waals surface area (Å²) in [6, 6.07) is 5.84. The number of hydrogen-bond donors (Lipinski definition) is 2. The molecule has 1 aliphatic rings. The van der Waals surface area contributed by atoms with Gasteiger partial charge in [-0.25, -0.2) is 4.79 Å². The summed E-state index contributed by atoms with van der Waals surface area (Å²) in [4.78, 5) is 13.9. The lowest BCUT2D eigenvalue weighted by Gasteiger charge is -2.34. The molecule has 1 saturated heterocycles. The highest BCUT2D eigenvalue weighted by Crippen LogP contribution is 2.30. The van der Waals surface area contributed by atoms with Gasteiger partial charge >= 0.3 is 6.09 Å². The molecule has 24 heavy (non-hydrogen) atoms. The van der Waals surface area contributed by atoms with Gasteiger partial charge in [-0.05, 0) is 39.7 Å². The third kappa shape index (κ3) is 4.77. The standard InChI is InChI=1S/C18H28N2O4/c1-18(2,3)24-17(22)20-10-8-14(9-11-20)19-16-13(12-21)6-5-7-15(16)23-4/h5-7,14,19,21H,8-12H2,1-4H3. The normalized spacial score (nSPS) is 16.0. The average molecular weight is 336 g/mol. The van der Waals surface area contributed by atoms with Crippen LogP contribution in [-0.4, -0.2) is 47.9 Å². The molecular formula is C18H28N2O4. The molecule has 0 radical (unpaired) electrons. The van der Waals surface area contributed by atoms with Gasteiger partial charge in [0.1, 0.15) is 11.4 Å². The van der Waals surface area contributed by atoms with Gasteiger partial charge in [-0.3, -0.25) is 0 Å². The molecule has 0 unspecified atom stereocenters. The third-order valence-electron chi connectivity index (χ3n) is 4.00. The minimum atomic E-state index is -0.473. The second-order valence-electron chi connectivity index (χ2n) is 7.04. The van der Waals surface area contributed by atoms with Gasteiger partial charge in [-0.2, -0.15) is 0 Å². The average Bonchev–Trinajstić information content (AvgIpc) is 2.54. The Labute approximate surface area is 143 Å². The van der Waals surface area contributed by atoms with Gasteiger partial charge in [-0.1, -0.05) is 12.1 Å². The van der Waals surface area contributed by atoms with Crippen LogP contribution in [0.5, 0.6) is 5.75 Å². The molecule has 1 aromatic carbocycles. The second-order valence-corrected chi connectivity index (χ2v) is 7.04. The van der Waals surface area contributed by atoms with Crippen LogP contribution in [0.1, 0.15) is 39.2 Å². The summed E-state index contributed by atoms with van der Waals surface area (Å²) < 4.78 is 10.8. The molecule has 0 atom stereocenters. The van der Waals surface area contributed by atoms with Gasteiger partial charge in [0.05, 0.1) is 19.4 Å². The van der Waals surface area contributed by atoms with Crippen LogP contribution < -0.4 is 10.1 Å². The number of anilines is 1. The molecule has 2 rings (SSSR count). The van der Waals surface area contributed by atoms with E-state index in [1.165, 1.54) is 0 Å². The smallest absolute Gasteiger partial charge is 0.410 e. The number of amides is 1. The number of para-hydroxylation sites is 1. The Kier molecular flexibility index (Phi) is 5.94. The summed E-state index contributed by atoms with van der Waals surface area (Å²) in [6.07, 6.45) is 1.39. The number of aliphatic hydroxyl groups is 1. The van der Waals surface area contributed by atoms with Crippen molar-refractivity contribution in [2.24, 2.45) is 0 Å². The molecule has 0 saturated carbocycles. The van der Waals surface area contributed by atoms with E-state index in [9.17, 15) is 9.90 Å². The summed E-state index contributed by atoms with van der Waals surface area (Å²) >= 11 is 0. The Bertz CT molecular complexity index is 538. The van der Waals surface area contributed by atoms with Crippen molar-refractivity contribution >= 4 is 11.8 Å². The van der Waals surface area contributed by atoms with E-state index >= 15 is 0 Å². The van der Waals surface area contributed by atoms with Crippen molar-refractivity contribution in [3.8, 4) is 5.75 Å². The molecule has 0 aliphatic carbocycles. The SMILES string of the molecule is COc1cccc(CO)c1NC1CCN(C(=O)OC(C)(C)C)CC1. The fourth-order valence-corrected chi connectivity index (χ4v) is 2.78. The monoisotopic (exact) mass is 336 g/mol. The largest absolute Gasteiger partial charge is 0.495 e. The molecule has 6 nitrogen and oxygen atoms in total. The van der Waals surface area contributed by atoms with Crippen LogP contribution in [0, 0.1) is 0 Å². The molecule has 1 aliphatic heterocycles. The van der Waals surface area contributed by atoms with E-state index in [1.54, 1.807) is 12.0 Å². The van der Waals surface area contributed by atoms with E-state index < -0.39 is 5.60 Å². The molecule has 1 aromatic rings. The van der Waals surface area contributed by atoms with E-state index in [0.717, 1.165) is 29.8 Å². The summed E-state index contributed by atoms with van der Waals surface area (Å²) in [5, 5.41) is 13.0. The molecule has 0 bridgehead atoms. The Morgan fingerprint density at radius 2 is 2.00 bits per heavy atom. The van der Waals surface area contributed by atoms with Crippen molar-refractivity contribution in [3.63, 3.8) is 0 Å². The molecule has 1 amide bonds. The van der Waals surface area contributed by atoms with Gasteiger partial charge in [0.2, 0.25) is 0 Å². The fraction of sp³-hybridized carbons (Fsp3) is 0.611. The maximum absolute atomic E-state index is 12.1. The van der Waals surface area contributed by atoms with Gasteiger partial charge in [-0.15, -0.1) is 0 Å². The highest BCUT2D eigenvalue weighted by molar-refractivity contribution is 5.68. The second kappa shape index (κ2) is 7.75. The van der Waals surface area contributed by atoms with E-state index in [4.69, 9.17) is 9.47 Å². The van der Waals surface area contributed by atoms with Gasteiger partial charge < -0.3 is 24.8 Å². The van der Waals surface area contributed by atoms with Crippen molar-refractivity contribution in [2.75, 3.05) is 25.5 Å². The zero-order chi connectivity index (χ0) is 17.7. The molecule has 134 valence electrons. The Morgan fingerprint density at radius 3 is 2.54 bits per heavy atom. The highest BCUT2D eigenvalue weighted by Gasteiger charge is 2.27. The maximum Gasteiger partial charge on any atom is 0.410 e. The maximum atomic E-state index is 12.1. The first-order chi connectivity index (χ1) is 11.3. The first-order valence-corrected chi connectivity index (χ1v) is 8.35. The molecule has 0 spiro atoms. The lowest BCUT2D eigenvalue weighted by atomic mass is 10.0. The molecule has 0 aromatic heterocycles. The number of aliphatic hydroxyl groups excluding tert-OH is 1. The summed E-state index contributed by atoms with van der Waals surface area (Å²) in [5.74, 6) is 0.719. The summed E-state index contributed by atoms with van der Waals surface area (Å²) in [7, 11) is 1.62. The Hall–Kier alpha value is -1.95. The number of rotatable bonds is 4. The van der Waals surface area contributed by atoms with Crippen molar-refractivity contribution in [2.45, 2.75) is 51.9 Å². The number of likely N-dealkylation sites (tertiary alicyclic amines) is 1. The summed E-state index contributed by atoms with van der Waals surface area (Å²) in [5.41, 5.74) is 1.17. The van der Waals surface area contributed by atoms with Gasteiger partial charge in [0.25, 0.3) is 0 Å². The molecule has 2 N–H and O–H groups in total. The Balaban J connectivity index is 1.95. The van der Waals surface area contributed by atoms with Gasteiger partial charge in [0, 0.05) is 24.7 Å². The first-order valence-electron chi connectivity index (χ1n) is 8.35. The number of methoxy groups -OCH3 is 1. The molecular weight excluding hydrogens is 308 g/mol. The van der Waals surface area contributed by atoms with Crippen LogP contribution in [-0.2, 0) is 11.3 Å². The predicted molar refractivity (Wildman–Crippen MR) is 93.4 cm³/mol. The topological polar surface area (TPSA) is 71.0 Å². The number of carbonyl (C=O) groups is 1. The van der Waals surface area contributed by atoms with E-state index in [2.05, 4.69) is 5.32 Å². The number of hydrogen-bond acceptors (Lipinski definition) is 5. The molecule has 1 heterocycles. The quantitative estimate of drug-likeness (QED) is 0.884. The lowest BCUT2D eigenvalue weighted by Crippen LogP contribution is -2.44. The number of ether oxygens (including phenoxy) is 2. The van der Waals surface area contributed by atoms with Crippen LogP contribution in [0.2, 0.25) is 0 Å². The number of nitrogens with one attached hydrogen (secondary N) is 1. The highest BCUT2D eigenvalue weighted by atomic mass is 16.6. The number of piperidine rings is 1. The molecule has 6 heteroatoms. The van der Waals surface area contributed by atoms with E-state index in [1.807, 2.05) is 39.0 Å². The van der Waals surface area contributed by atoms with Crippen LogP contribution in [0.4, 0.5) is 10.5 Å². The predicted octanol–water partition coefficient (Wildman–Crippen LogP) is 3.00. The third-order valence-corrected chi connectivity index (χ3v) is 4.00. The zero-order valence-corrected chi connectivity index (χ0v) is 15.0. The lowest BCUT2D eigenvalue weighted by molar-refractivity contribution is 0.0210. The minimum Gasteiger partial charge on any atom is -0.495 e. The fourth-order valence-electron chi connectivity index (χ4n) is 2.78. The van der Waals surface area contributed by atoms with Crippen molar-refractivity contribution in [1.29, 1.82) is 0 Å². The first kappa shape index (κ1) is 18.4. The Morgan fingerprint density at radius 1 is 1.33 bits per heavy atom. The van der Waals surface area contributed by atoms with Crippen LogP contribution in [0.25, 0.3) is 0 Å². The van der Waals surface area contributed by atoms with Gasteiger partial charge in [0.15, 0.2) is 0 Å². The molecule has 1 fully saturated rings. The van der Waals surface area contributed by atoms with E-state index in [-0.39, 0.29) is 18.7 Å². The van der Waals surface area contributed by atoms with E-state index in [0.29, 0.717) is 13.1 Å². The van der Waals surface area contributed by atoms with Crippen LogP contribution in [0.3, 0.4) is 0 Å². The number of benzene rings is 1. The van der Waals surface area contributed by atoms with Crippen molar-refractivity contribution in [3.05, 3.63) is 23.8 Å². The van der Waals surface area contributed by atoms with Crippen molar-refractivity contribution in [1.82, 2.24) is 4.90 Å². The number of nitrogens with zero attached hydrogens (tertiary/aromatic N) is 1. The number of carbonyl (C=O) groups excluding carboxylic acids is 1. The van der Waals surface area contributed by atoms with Crippen LogP contribution in [0.15, 0.2) is 18.2 Å². The van der Waals surface area contributed by atoms with Crippen LogP contribution >= 0.6 is 0 Å². The summed E-state index contributed by atoms with van der Waals surface area (Å²) in [6.45, 7) is 6.87. The minimum absolute atomic E-state index is 0.0454. The van der Waals surface area contributed by atoms with Crippen molar-refractivity contribution < 1.29 is 19.4 Å².